The predicted octanol–water partition coefficient (Wildman–Crippen LogP) is 3.26. The third-order valence-corrected chi connectivity index (χ3v) is 5.30. The van der Waals surface area contributed by atoms with E-state index in [0.29, 0.717) is 17.4 Å². The fraction of sp³-hybridized carbons (Fsp3) is 0.632. The van der Waals surface area contributed by atoms with Gasteiger partial charge >= 0.3 is 0 Å². The van der Waals surface area contributed by atoms with E-state index < -0.39 is 0 Å². The lowest BCUT2D eigenvalue weighted by Gasteiger charge is -2.38. The lowest BCUT2D eigenvalue weighted by Crippen LogP contribution is -2.57. The van der Waals surface area contributed by atoms with Crippen molar-refractivity contribution in [2.24, 2.45) is 0 Å². The smallest absolute Gasteiger partial charge is 0.254 e. The number of carbonyl (C=O) groups excluding carboxylic acids is 1. The van der Waals surface area contributed by atoms with Crippen LogP contribution in [0.4, 0.5) is 0 Å². The second kappa shape index (κ2) is 8.77. The molecule has 1 saturated carbocycles. The average Bonchev–Trinajstić information content (AvgIpc) is 3.10. The average molecular weight is 369 g/mol. The molecule has 1 heterocycles. The summed E-state index contributed by atoms with van der Waals surface area (Å²) in [5, 5.41) is 3.40. The van der Waals surface area contributed by atoms with Crippen molar-refractivity contribution in [2.45, 2.75) is 57.7 Å². The lowest BCUT2D eigenvalue weighted by molar-refractivity contribution is 0.0602. The predicted molar refractivity (Wildman–Crippen MR) is 101 cm³/mol. The Morgan fingerprint density at radius 1 is 1.20 bits per heavy atom. The molecular weight excluding hydrogens is 340 g/mol. The number of rotatable bonds is 4. The monoisotopic (exact) mass is 368 g/mol. The molecule has 0 radical (unpaired) electrons. The number of hydrogen-bond acceptors (Lipinski definition) is 4. The molecule has 0 bridgehead atoms. The Morgan fingerprint density at radius 3 is 2.60 bits per heavy atom. The minimum absolute atomic E-state index is 0. The van der Waals surface area contributed by atoms with Gasteiger partial charge in [-0.2, -0.15) is 0 Å². The van der Waals surface area contributed by atoms with Crippen molar-refractivity contribution in [2.75, 3.05) is 20.2 Å². The number of halogens is 1. The van der Waals surface area contributed by atoms with E-state index in [0.717, 1.165) is 31.7 Å². The highest BCUT2D eigenvalue weighted by Gasteiger charge is 2.29. The second-order valence-electron chi connectivity index (χ2n) is 6.87. The van der Waals surface area contributed by atoms with Crippen LogP contribution in [0.5, 0.6) is 11.5 Å². The van der Waals surface area contributed by atoms with Crippen LogP contribution in [0.3, 0.4) is 0 Å². The summed E-state index contributed by atoms with van der Waals surface area (Å²) in [5.74, 6) is 1.44. The summed E-state index contributed by atoms with van der Waals surface area (Å²) in [7, 11) is 1.63. The lowest BCUT2D eigenvalue weighted by atomic mass is 10.0. The fourth-order valence-electron chi connectivity index (χ4n) is 3.59. The van der Waals surface area contributed by atoms with E-state index in [1.807, 2.05) is 23.1 Å². The normalized spacial score (nSPS) is 23.9. The van der Waals surface area contributed by atoms with Crippen LogP contribution < -0.4 is 14.8 Å². The summed E-state index contributed by atoms with van der Waals surface area (Å²) < 4.78 is 11.5. The minimum atomic E-state index is 0. The van der Waals surface area contributed by atoms with Gasteiger partial charge in [-0.05, 0) is 57.7 Å². The number of benzene rings is 1. The maximum absolute atomic E-state index is 12.9. The maximum Gasteiger partial charge on any atom is 0.254 e. The quantitative estimate of drug-likeness (QED) is 0.886. The molecule has 25 heavy (non-hydrogen) atoms. The van der Waals surface area contributed by atoms with Crippen molar-refractivity contribution in [3.8, 4) is 11.5 Å². The van der Waals surface area contributed by atoms with Crippen LogP contribution in [0.25, 0.3) is 0 Å². The highest BCUT2D eigenvalue weighted by molar-refractivity contribution is 5.95. The molecule has 1 aliphatic carbocycles. The number of methoxy groups -OCH3 is 1. The molecule has 2 unspecified atom stereocenters. The molecule has 1 aliphatic heterocycles. The summed E-state index contributed by atoms with van der Waals surface area (Å²) in [6.45, 7) is 5.76. The summed E-state index contributed by atoms with van der Waals surface area (Å²) in [6, 6.07) is 6.02. The van der Waals surface area contributed by atoms with E-state index in [1.54, 1.807) is 7.11 Å². The van der Waals surface area contributed by atoms with E-state index in [4.69, 9.17) is 9.47 Å². The van der Waals surface area contributed by atoms with Crippen LogP contribution in [0.1, 0.15) is 49.9 Å². The minimum Gasteiger partial charge on any atom is -0.493 e. The van der Waals surface area contributed by atoms with E-state index in [-0.39, 0.29) is 30.5 Å². The topological polar surface area (TPSA) is 50.8 Å². The molecule has 1 saturated heterocycles. The Bertz CT molecular complexity index is 590. The second-order valence-corrected chi connectivity index (χ2v) is 6.87. The van der Waals surface area contributed by atoms with Gasteiger partial charge in [-0.1, -0.05) is 0 Å². The van der Waals surface area contributed by atoms with Gasteiger partial charge in [-0.25, -0.2) is 0 Å². The van der Waals surface area contributed by atoms with Gasteiger partial charge in [0.15, 0.2) is 11.5 Å². The highest BCUT2D eigenvalue weighted by atomic mass is 35.5. The molecule has 6 heteroatoms. The third kappa shape index (κ3) is 4.39. The van der Waals surface area contributed by atoms with Crippen LogP contribution in [-0.2, 0) is 0 Å². The third-order valence-electron chi connectivity index (χ3n) is 5.30. The zero-order chi connectivity index (χ0) is 17.1. The Labute approximate surface area is 156 Å². The van der Waals surface area contributed by atoms with Gasteiger partial charge in [0.25, 0.3) is 5.91 Å². The van der Waals surface area contributed by atoms with Gasteiger partial charge in [-0.15, -0.1) is 12.4 Å². The van der Waals surface area contributed by atoms with Gasteiger partial charge in [0.1, 0.15) is 0 Å². The Balaban J connectivity index is 0.00000225. The van der Waals surface area contributed by atoms with Gasteiger partial charge in [0.05, 0.1) is 13.2 Å². The maximum atomic E-state index is 12.9. The molecule has 1 amide bonds. The highest BCUT2D eigenvalue weighted by Crippen LogP contribution is 2.33. The SMILES string of the molecule is COc1cc(C(=O)N2CCNC(C)C2C)ccc1OC1CCCC1.Cl. The van der Waals surface area contributed by atoms with Gasteiger partial charge in [-0.3, -0.25) is 4.79 Å². The molecule has 2 fully saturated rings. The van der Waals surface area contributed by atoms with E-state index in [9.17, 15) is 4.79 Å². The first-order valence-corrected chi connectivity index (χ1v) is 8.99. The number of nitrogens with zero attached hydrogens (tertiary/aromatic N) is 1. The molecule has 2 aliphatic rings. The molecule has 1 aromatic carbocycles. The van der Waals surface area contributed by atoms with Crippen molar-refractivity contribution in [1.29, 1.82) is 0 Å². The van der Waals surface area contributed by atoms with Gasteiger partial charge in [0, 0.05) is 30.7 Å². The molecule has 1 N–H and O–H groups in total. The van der Waals surface area contributed by atoms with Crippen LogP contribution in [0, 0.1) is 0 Å². The van der Waals surface area contributed by atoms with E-state index in [2.05, 4.69) is 19.2 Å². The Hall–Kier alpha value is -1.46. The first-order valence-electron chi connectivity index (χ1n) is 8.99. The number of amides is 1. The van der Waals surface area contributed by atoms with Crippen molar-refractivity contribution in [1.82, 2.24) is 10.2 Å². The van der Waals surface area contributed by atoms with Crippen molar-refractivity contribution in [3.63, 3.8) is 0 Å². The Morgan fingerprint density at radius 2 is 1.92 bits per heavy atom. The van der Waals surface area contributed by atoms with Crippen LogP contribution in [0.15, 0.2) is 18.2 Å². The number of piperazine rings is 1. The number of ether oxygens (including phenoxy) is 2. The van der Waals surface area contributed by atoms with Crippen LogP contribution in [0.2, 0.25) is 0 Å². The Kier molecular flexibility index (Phi) is 6.96. The summed E-state index contributed by atoms with van der Waals surface area (Å²) >= 11 is 0. The molecule has 2 atom stereocenters. The summed E-state index contributed by atoms with van der Waals surface area (Å²) in [6.07, 6.45) is 4.92. The standard InChI is InChI=1S/C19H28N2O3.ClH/c1-13-14(2)21(11-10-20-13)19(22)15-8-9-17(18(12-15)23-3)24-16-6-4-5-7-16;/h8-9,12-14,16,20H,4-7,10-11H2,1-3H3;1H. The molecule has 5 nitrogen and oxygen atoms in total. The molecule has 3 rings (SSSR count). The molecule has 140 valence electrons. The molecule has 0 aromatic heterocycles. The first-order chi connectivity index (χ1) is 11.6. The molecule has 0 spiro atoms. The number of nitrogens with one attached hydrogen (secondary N) is 1. The van der Waals surface area contributed by atoms with Gasteiger partial charge in [0.2, 0.25) is 0 Å². The van der Waals surface area contributed by atoms with Gasteiger partial charge < -0.3 is 19.7 Å². The largest absolute Gasteiger partial charge is 0.493 e. The fourth-order valence-corrected chi connectivity index (χ4v) is 3.59. The summed E-state index contributed by atoms with van der Waals surface area (Å²) in [4.78, 5) is 14.8. The van der Waals surface area contributed by atoms with Crippen LogP contribution >= 0.6 is 12.4 Å². The van der Waals surface area contributed by atoms with E-state index >= 15 is 0 Å². The molecule has 1 aromatic rings. The zero-order valence-electron chi connectivity index (χ0n) is 15.3. The zero-order valence-corrected chi connectivity index (χ0v) is 16.1. The van der Waals surface area contributed by atoms with Crippen molar-refractivity contribution >= 4 is 18.3 Å². The molecular formula is C19H29ClN2O3. The summed E-state index contributed by atoms with van der Waals surface area (Å²) in [5.41, 5.74) is 0.659. The van der Waals surface area contributed by atoms with Crippen LogP contribution in [-0.4, -0.2) is 49.2 Å². The van der Waals surface area contributed by atoms with E-state index in [1.165, 1.54) is 12.8 Å². The van der Waals surface area contributed by atoms with Crippen molar-refractivity contribution in [3.05, 3.63) is 23.8 Å². The first kappa shape index (κ1) is 19.9. The number of carbonyl (C=O) groups is 1. The van der Waals surface area contributed by atoms with Crippen molar-refractivity contribution < 1.29 is 14.3 Å². The number of hydrogen-bond donors (Lipinski definition) is 1.